The lowest BCUT2D eigenvalue weighted by Gasteiger charge is -2.17. The van der Waals surface area contributed by atoms with Gasteiger partial charge in [-0.15, -0.1) is 0 Å². The van der Waals surface area contributed by atoms with E-state index < -0.39 is 0 Å². The maximum absolute atomic E-state index is 12.3. The molecule has 2 heterocycles. The molecule has 1 fully saturated rings. The maximum atomic E-state index is 12.3. The number of hydrogen-bond acceptors (Lipinski definition) is 2. The first kappa shape index (κ1) is 10.6. The SMILES string of the molecule is CN1CCc2ccc(C(=O)N3CCCC3)cc21. The Morgan fingerprint density at radius 2 is 1.94 bits per heavy atom. The van der Waals surface area contributed by atoms with Crippen molar-refractivity contribution in [3.05, 3.63) is 29.3 Å². The first-order valence-electron chi connectivity index (χ1n) is 6.39. The van der Waals surface area contributed by atoms with E-state index in [9.17, 15) is 4.79 Å². The number of fused-ring (bicyclic) bond motifs is 1. The van der Waals surface area contributed by atoms with Gasteiger partial charge in [-0.25, -0.2) is 0 Å². The maximum Gasteiger partial charge on any atom is 0.253 e. The zero-order valence-corrected chi connectivity index (χ0v) is 10.3. The summed E-state index contributed by atoms with van der Waals surface area (Å²) in [6.07, 6.45) is 3.40. The number of carbonyl (C=O) groups is 1. The van der Waals surface area contributed by atoms with Gasteiger partial charge >= 0.3 is 0 Å². The summed E-state index contributed by atoms with van der Waals surface area (Å²) in [5.74, 6) is 0.200. The zero-order chi connectivity index (χ0) is 11.8. The Morgan fingerprint density at radius 1 is 1.18 bits per heavy atom. The Labute approximate surface area is 102 Å². The van der Waals surface area contributed by atoms with E-state index in [0.29, 0.717) is 0 Å². The van der Waals surface area contributed by atoms with Crippen LogP contribution in [0, 0.1) is 0 Å². The van der Waals surface area contributed by atoms with E-state index in [0.717, 1.165) is 44.5 Å². The van der Waals surface area contributed by atoms with Crippen LogP contribution in [-0.2, 0) is 6.42 Å². The molecule has 0 N–H and O–H groups in total. The van der Waals surface area contributed by atoms with Crippen LogP contribution in [-0.4, -0.2) is 37.5 Å². The fraction of sp³-hybridized carbons (Fsp3) is 0.500. The molecular weight excluding hydrogens is 212 g/mol. The summed E-state index contributed by atoms with van der Waals surface area (Å²) in [7, 11) is 2.09. The fourth-order valence-corrected chi connectivity index (χ4v) is 2.78. The summed E-state index contributed by atoms with van der Waals surface area (Å²) in [4.78, 5) is 16.5. The summed E-state index contributed by atoms with van der Waals surface area (Å²) < 4.78 is 0. The highest BCUT2D eigenvalue weighted by atomic mass is 16.2. The smallest absolute Gasteiger partial charge is 0.253 e. The molecule has 0 spiro atoms. The molecule has 0 bridgehead atoms. The van der Waals surface area contributed by atoms with Crippen LogP contribution >= 0.6 is 0 Å². The number of benzene rings is 1. The van der Waals surface area contributed by atoms with Gasteiger partial charge in [0.25, 0.3) is 5.91 Å². The largest absolute Gasteiger partial charge is 0.374 e. The molecule has 2 aliphatic heterocycles. The Morgan fingerprint density at radius 3 is 2.71 bits per heavy atom. The molecule has 1 saturated heterocycles. The number of nitrogens with zero attached hydrogens (tertiary/aromatic N) is 2. The minimum atomic E-state index is 0.200. The third-order valence-corrected chi connectivity index (χ3v) is 3.85. The average molecular weight is 230 g/mol. The summed E-state index contributed by atoms with van der Waals surface area (Å²) in [5.41, 5.74) is 3.44. The van der Waals surface area contributed by atoms with Gasteiger partial charge in [0, 0.05) is 37.9 Å². The predicted octanol–water partition coefficient (Wildman–Crippen LogP) is 1.91. The summed E-state index contributed by atoms with van der Waals surface area (Å²) in [5, 5.41) is 0. The minimum absolute atomic E-state index is 0.200. The van der Waals surface area contributed by atoms with Gasteiger partial charge in [0.1, 0.15) is 0 Å². The van der Waals surface area contributed by atoms with Crippen LogP contribution in [0.4, 0.5) is 5.69 Å². The van der Waals surface area contributed by atoms with Crippen LogP contribution in [0.1, 0.15) is 28.8 Å². The monoisotopic (exact) mass is 230 g/mol. The van der Waals surface area contributed by atoms with E-state index >= 15 is 0 Å². The number of hydrogen-bond donors (Lipinski definition) is 0. The van der Waals surface area contributed by atoms with Gasteiger partial charge in [0.15, 0.2) is 0 Å². The second kappa shape index (κ2) is 4.06. The van der Waals surface area contributed by atoms with Crippen molar-refractivity contribution < 1.29 is 4.79 Å². The predicted molar refractivity (Wildman–Crippen MR) is 68.6 cm³/mol. The van der Waals surface area contributed by atoms with Crippen molar-refractivity contribution in [2.24, 2.45) is 0 Å². The van der Waals surface area contributed by atoms with Gasteiger partial charge in [-0.2, -0.15) is 0 Å². The Kier molecular flexibility index (Phi) is 2.54. The Hall–Kier alpha value is -1.51. The molecule has 1 aromatic carbocycles. The highest BCUT2D eigenvalue weighted by molar-refractivity contribution is 5.95. The normalized spacial score (nSPS) is 18.6. The van der Waals surface area contributed by atoms with Crippen molar-refractivity contribution in [3.63, 3.8) is 0 Å². The van der Waals surface area contributed by atoms with E-state index in [1.54, 1.807) is 0 Å². The number of likely N-dealkylation sites (N-methyl/N-ethyl adjacent to an activating group) is 1. The molecule has 0 atom stereocenters. The molecule has 1 amide bonds. The highest BCUT2D eigenvalue weighted by Gasteiger charge is 2.22. The van der Waals surface area contributed by atoms with Crippen LogP contribution in [0.5, 0.6) is 0 Å². The van der Waals surface area contributed by atoms with Crippen molar-refractivity contribution >= 4 is 11.6 Å². The summed E-state index contributed by atoms with van der Waals surface area (Å²) >= 11 is 0. The number of carbonyl (C=O) groups excluding carboxylic acids is 1. The summed E-state index contributed by atoms with van der Waals surface area (Å²) in [6, 6.07) is 6.16. The van der Waals surface area contributed by atoms with Gasteiger partial charge in [-0.1, -0.05) is 6.07 Å². The second-order valence-corrected chi connectivity index (χ2v) is 5.01. The molecule has 3 heteroatoms. The first-order chi connectivity index (χ1) is 8.25. The fourth-order valence-electron chi connectivity index (χ4n) is 2.78. The topological polar surface area (TPSA) is 23.6 Å². The zero-order valence-electron chi connectivity index (χ0n) is 10.3. The van der Waals surface area contributed by atoms with E-state index in [4.69, 9.17) is 0 Å². The molecule has 2 aliphatic rings. The lowest BCUT2D eigenvalue weighted by atomic mass is 10.1. The molecule has 0 aliphatic carbocycles. The highest BCUT2D eigenvalue weighted by Crippen LogP contribution is 2.28. The Bertz CT molecular complexity index is 450. The van der Waals surface area contributed by atoms with Gasteiger partial charge in [0.05, 0.1) is 0 Å². The van der Waals surface area contributed by atoms with Crippen LogP contribution in [0.3, 0.4) is 0 Å². The van der Waals surface area contributed by atoms with Gasteiger partial charge < -0.3 is 9.80 Å². The first-order valence-corrected chi connectivity index (χ1v) is 6.39. The van der Waals surface area contributed by atoms with Gasteiger partial charge in [0.2, 0.25) is 0 Å². The lowest BCUT2D eigenvalue weighted by molar-refractivity contribution is 0.0793. The van der Waals surface area contributed by atoms with E-state index in [1.807, 2.05) is 11.0 Å². The van der Waals surface area contributed by atoms with Gasteiger partial charge in [-0.3, -0.25) is 4.79 Å². The van der Waals surface area contributed by atoms with Crippen molar-refractivity contribution in [1.82, 2.24) is 4.90 Å². The Balaban J connectivity index is 1.88. The van der Waals surface area contributed by atoms with Crippen LogP contribution in [0.15, 0.2) is 18.2 Å². The third kappa shape index (κ3) is 1.79. The molecular formula is C14H18N2O. The molecule has 3 rings (SSSR count). The van der Waals surface area contributed by atoms with E-state index in [1.165, 1.54) is 11.3 Å². The average Bonchev–Trinajstić information content (AvgIpc) is 2.98. The van der Waals surface area contributed by atoms with E-state index in [-0.39, 0.29) is 5.91 Å². The van der Waals surface area contributed by atoms with Crippen molar-refractivity contribution in [2.75, 3.05) is 31.6 Å². The standard InChI is InChI=1S/C14H18N2O/c1-15-9-6-11-4-5-12(10-13(11)15)14(17)16-7-2-3-8-16/h4-5,10H,2-3,6-9H2,1H3. The molecule has 0 saturated carbocycles. The van der Waals surface area contributed by atoms with Crippen molar-refractivity contribution in [1.29, 1.82) is 0 Å². The van der Waals surface area contributed by atoms with Crippen molar-refractivity contribution in [3.8, 4) is 0 Å². The van der Waals surface area contributed by atoms with Gasteiger partial charge in [-0.05, 0) is 37.0 Å². The molecule has 1 aromatic rings. The van der Waals surface area contributed by atoms with E-state index in [2.05, 4.69) is 24.1 Å². The van der Waals surface area contributed by atoms with Crippen LogP contribution < -0.4 is 4.90 Å². The van der Waals surface area contributed by atoms with Crippen LogP contribution in [0.2, 0.25) is 0 Å². The third-order valence-electron chi connectivity index (χ3n) is 3.85. The number of anilines is 1. The molecule has 0 unspecified atom stereocenters. The lowest BCUT2D eigenvalue weighted by Crippen LogP contribution is -2.27. The van der Waals surface area contributed by atoms with Crippen molar-refractivity contribution in [2.45, 2.75) is 19.3 Å². The number of rotatable bonds is 1. The molecule has 0 radical (unpaired) electrons. The quantitative estimate of drug-likeness (QED) is 0.736. The minimum Gasteiger partial charge on any atom is -0.374 e. The van der Waals surface area contributed by atoms with Crippen LogP contribution in [0.25, 0.3) is 0 Å². The molecule has 3 nitrogen and oxygen atoms in total. The summed E-state index contributed by atoms with van der Waals surface area (Å²) in [6.45, 7) is 2.91. The molecule has 0 aromatic heterocycles. The molecule has 90 valence electrons. The molecule has 17 heavy (non-hydrogen) atoms. The second-order valence-electron chi connectivity index (χ2n) is 5.01. The number of amides is 1. The number of likely N-dealkylation sites (tertiary alicyclic amines) is 1.